The number of hydrogen-bond donors (Lipinski definition) is 7. The Morgan fingerprint density at radius 1 is 0.735 bits per heavy atom. The summed E-state index contributed by atoms with van der Waals surface area (Å²) < 4.78 is 0. The molecule has 0 aliphatic carbocycles. The Morgan fingerprint density at radius 3 is 1.65 bits per heavy atom. The summed E-state index contributed by atoms with van der Waals surface area (Å²) in [5, 5.41) is 25.2. The van der Waals surface area contributed by atoms with Crippen LogP contribution < -0.4 is 27.4 Å². The van der Waals surface area contributed by atoms with Gasteiger partial charge in [-0.05, 0) is 31.1 Å². The zero-order chi connectivity index (χ0) is 26.6. The summed E-state index contributed by atoms with van der Waals surface area (Å²) in [5.74, 6) is -6.01. The Morgan fingerprint density at radius 2 is 1.21 bits per heavy atom. The lowest BCUT2D eigenvalue weighted by atomic mass is 10.0. The highest BCUT2D eigenvalue weighted by molar-refractivity contribution is 5.96. The van der Waals surface area contributed by atoms with E-state index in [9.17, 15) is 33.9 Å². The van der Waals surface area contributed by atoms with Gasteiger partial charge in [-0.3, -0.25) is 24.0 Å². The molecule has 0 saturated heterocycles. The highest BCUT2D eigenvalue weighted by Crippen LogP contribution is 2.08. The third-order valence-corrected chi connectivity index (χ3v) is 4.70. The number of rotatable bonds is 16. The molecule has 4 amide bonds. The maximum atomic E-state index is 12.8. The maximum absolute atomic E-state index is 12.8. The van der Waals surface area contributed by atoms with Crippen LogP contribution in [0.15, 0.2) is 0 Å². The highest BCUT2D eigenvalue weighted by Gasteiger charge is 2.31. The lowest BCUT2D eigenvalue weighted by Gasteiger charge is -2.25. The van der Waals surface area contributed by atoms with Crippen LogP contribution in [0.1, 0.15) is 59.8 Å². The van der Waals surface area contributed by atoms with Gasteiger partial charge in [0.15, 0.2) is 0 Å². The third kappa shape index (κ3) is 12.7. The van der Waals surface area contributed by atoms with Crippen molar-refractivity contribution < 1.29 is 39.0 Å². The summed E-state index contributed by atoms with van der Waals surface area (Å²) in [6, 6.07) is -5.11. The molecule has 0 aromatic carbocycles. The first-order valence-electron chi connectivity index (χ1n) is 11.0. The van der Waals surface area contributed by atoms with Crippen LogP contribution in [-0.4, -0.2) is 69.9 Å². The van der Waals surface area contributed by atoms with E-state index in [0.29, 0.717) is 6.42 Å². The molecule has 0 fully saturated rings. The van der Waals surface area contributed by atoms with E-state index < -0.39 is 72.6 Å². The summed E-state index contributed by atoms with van der Waals surface area (Å²) in [6.45, 7) is 7.20. The molecule has 0 radical (unpaired) electrons. The monoisotopic (exact) mass is 487 g/mol. The van der Waals surface area contributed by atoms with E-state index in [1.165, 1.54) is 0 Å². The van der Waals surface area contributed by atoms with Crippen molar-refractivity contribution in [3.05, 3.63) is 0 Å². The van der Waals surface area contributed by atoms with Gasteiger partial charge in [-0.15, -0.1) is 0 Å². The smallest absolute Gasteiger partial charge is 0.326 e. The SMILES string of the molecule is CC(C)CC(N)C(=O)NC(CC(N)=O)C(=O)NC(CCC(=O)O)C(=O)NC(CC(C)C)C(=O)O. The predicted octanol–water partition coefficient (Wildman–Crippen LogP) is -1.31. The minimum atomic E-state index is -1.46. The van der Waals surface area contributed by atoms with E-state index in [0.717, 1.165) is 0 Å². The molecule has 194 valence electrons. The van der Waals surface area contributed by atoms with Gasteiger partial charge >= 0.3 is 11.9 Å². The molecule has 0 saturated carbocycles. The van der Waals surface area contributed by atoms with Gasteiger partial charge < -0.3 is 37.6 Å². The van der Waals surface area contributed by atoms with Crippen LogP contribution in [0.2, 0.25) is 0 Å². The lowest BCUT2D eigenvalue weighted by Crippen LogP contribution is -2.58. The molecule has 34 heavy (non-hydrogen) atoms. The normalized spacial score (nSPS) is 14.6. The van der Waals surface area contributed by atoms with Crippen LogP contribution >= 0.6 is 0 Å². The summed E-state index contributed by atoms with van der Waals surface area (Å²) in [7, 11) is 0. The molecule has 0 aromatic rings. The fourth-order valence-corrected chi connectivity index (χ4v) is 3.08. The van der Waals surface area contributed by atoms with Crippen molar-refractivity contribution in [2.24, 2.45) is 23.3 Å². The van der Waals surface area contributed by atoms with Crippen molar-refractivity contribution in [1.29, 1.82) is 0 Å². The number of carboxylic acids is 2. The number of carboxylic acid groups (broad SMARTS) is 2. The molecule has 0 aliphatic rings. The molecule has 0 aliphatic heterocycles. The van der Waals surface area contributed by atoms with Crippen LogP contribution in [0.5, 0.6) is 0 Å². The lowest BCUT2D eigenvalue weighted by molar-refractivity contribution is -0.143. The van der Waals surface area contributed by atoms with Crippen LogP contribution in [0.3, 0.4) is 0 Å². The molecule has 0 bridgehead atoms. The Kier molecular flexibility index (Phi) is 13.4. The second-order valence-electron chi connectivity index (χ2n) is 8.99. The van der Waals surface area contributed by atoms with Crippen LogP contribution in [0, 0.1) is 11.8 Å². The zero-order valence-corrected chi connectivity index (χ0v) is 20.0. The molecule has 13 heteroatoms. The second kappa shape index (κ2) is 14.8. The fraction of sp³-hybridized carbons (Fsp3) is 0.714. The first-order valence-corrected chi connectivity index (χ1v) is 11.0. The standard InChI is InChI=1S/C21H37N5O8/c1-10(2)7-12(22)18(30)25-14(9-16(23)27)20(32)24-13(5-6-17(28)29)19(31)26-15(21(33)34)8-11(3)4/h10-15H,5-9,22H2,1-4H3,(H2,23,27)(H,24,32)(H,25,30)(H,26,31)(H,28,29)(H,33,34). The highest BCUT2D eigenvalue weighted by atomic mass is 16.4. The number of carbonyl (C=O) groups is 6. The van der Waals surface area contributed by atoms with Crippen molar-refractivity contribution in [2.75, 3.05) is 0 Å². The van der Waals surface area contributed by atoms with Gasteiger partial charge in [0.05, 0.1) is 12.5 Å². The van der Waals surface area contributed by atoms with E-state index in [-0.39, 0.29) is 24.7 Å². The summed E-state index contributed by atoms with van der Waals surface area (Å²) in [5.41, 5.74) is 11.0. The minimum Gasteiger partial charge on any atom is -0.481 e. The van der Waals surface area contributed by atoms with E-state index in [1.807, 2.05) is 13.8 Å². The van der Waals surface area contributed by atoms with Crippen molar-refractivity contribution in [1.82, 2.24) is 16.0 Å². The average Bonchev–Trinajstić information content (AvgIpc) is 2.68. The Balaban J connectivity index is 5.59. The fourth-order valence-electron chi connectivity index (χ4n) is 3.08. The summed E-state index contributed by atoms with van der Waals surface area (Å²) in [4.78, 5) is 71.8. The Hall–Kier alpha value is -3.22. The van der Waals surface area contributed by atoms with E-state index in [2.05, 4.69) is 16.0 Å². The zero-order valence-electron chi connectivity index (χ0n) is 20.0. The molecule has 4 unspecified atom stereocenters. The topological polar surface area (TPSA) is 231 Å². The number of carbonyl (C=O) groups excluding carboxylic acids is 4. The van der Waals surface area contributed by atoms with Crippen molar-refractivity contribution in [3.63, 3.8) is 0 Å². The number of primary amides is 1. The largest absolute Gasteiger partial charge is 0.481 e. The Bertz CT molecular complexity index is 755. The molecule has 0 aromatic heterocycles. The van der Waals surface area contributed by atoms with Crippen molar-refractivity contribution in [2.45, 2.75) is 84.0 Å². The number of aliphatic carboxylic acids is 2. The molecular weight excluding hydrogens is 450 g/mol. The molecule has 0 heterocycles. The minimum absolute atomic E-state index is 0.0707. The first-order chi connectivity index (χ1) is 15.6. The molecule has 4 atom stereocenters. The average molecular weight is 488 g/mol. The number of hydrogen-bond acceptors (Lipinski definition) is 7. The van der Waals surface area contributed by atoms with E-state index >= 15 is 0 Å². The van der Waals surface area contributed by atoms with Gasteiger partial charge in [0.25, 0.3) is 0 Å². The van der Waals surface area contributed by atoms with Gasteiger partial charge in [0, 0.05) is 6.42 Å². The molecule has 0 rings (SSSR count). The van der Waals surface area contributed by atoms with E-state index in [1.54, 1.807) is 13.8 Å². The first kappa shape index (κ1) is 30.8. The van der Waals surface area contributed by atoms with Gasteiger partial charge in [0.1, 0.15) is 18.1 Å². The molecule has 9 N–H and O–H groups in total. The number of nitrogens with one attached hydrogen (secondary N) is 3. The van der Waals surface area contributed by atoms with Crippen LogP contribution in [0.4, 0.5) is 0 Å². The number of nitrogens with two attached hydrogens (primary N) is 2. The van der Waals surface area contributed by atoms with Crippen LogP contribution in [0.25, 0.3) is 0 Å². The van der Waals surface area contributed by atoms with Gasteiger partial charge in [0.2, 0.25) is 23.6 Å². The molecule has 13 nitrogen and oxygen atoms in total. The van der Waals surface area contributed by atoms with Gasteiger partial charge in [-0.25, -0.2) is 4.79 Å². The van der Waals surface area contributed by atoms with Crippen molar-refractivity contribution in [3.8, 4) is 0 Å². The summed E-state index contributed by atoms with van der Waals surface area (Å²) in [6.07, 6.45) is -1.04. The quantitative estimate of drug-likeness (QED) is 0.137. The van der Waals surface area contributed by atoms with Crippen LogP contribution in [-0.2, 0) is 28.8 Å². The van der Waals surface area contributed by atoms with E-state index in [4.69, 9.17) is 16.6 Å². The van der Waals surface area contributed by atoms with Gasteiger partial charge in [-0.2, -0.15) is 0 Å². The van der Waals surface area contributed by atoms with Crippen molar-refractivity contribution >= 4 is 35.6 Å². The Labute approximate surface area is 198 Å². The predicted molar refractivity (Wildman–Crippen MR) is 121 cm³/mol. The maximum Gasteiger partial charge on any atom is 0.326 e. The summed E-state index contributed by atoms with van der Waals surface area (Å²) >= 11 is 0. The second-order valence-corrected chi connectivity index (χ2v) is 8.99. The molecular formula is C21H37N5O8. The number of amides is 4. The third-order valence-electron chi connectivity index (χ3n) is 4.70. The van der Waals surface area contributed by atoms with Gasteiger partial charge in [-0.1, -0.05) is 27.7 Å². The molecule has 0 spiro atoms.